The molecular weight excluding hydrogens is 346 g/mol. The van der Waals surface area contributed by atoms with Crippen LogP contribution in [0.5, 0.6) is 0 Å². The second-order valence-electron chi connectivity index (χ2n) is 6.14. The van der Waals surface area contributed by atoms with Crippen LogP contribution in [0.25, 0.3) is 5.65 Å². The molecule has 2 heterocycles. The van der Waals surface area contributed by atoms with Crippen LogP contribution in [0.1, 0.15) is 28.5 Å². The van der Waals surface area contributed by atoms with Crippen molar-refractivity contribution in [3.63, 3.8) is 0 Å². The van der Waals surface area contributed by atoms with E-state index in [0.29, 0.717) is 16.9 Å². The summed E-state index contributed by atoms with van der Waals surface area (Å²) in [4.78, 5) is 40.8. The quantitative estimate of drug-likeness (QED) is 0.697. The average molecular weight is 365 g/mol. The fraction of sp³-hybridized carbons (Fsp3) is 0.200. The van der Waals surface area contributed by atoms with E-state index in [-0.39, 0.29) is 18.1 Å². The maximum Gasteiger partial charge on any atom is 0.328 e. The molecule has 0 aliphatic carbocycles. The van der Waals surface area contributed by atoms with Crippen LogP contribution >= 0.6 is 0 Å². The van der Waals surface area contributed by atoms with Crippen LogP contribution in [0.2, 0.25) is 0 Å². The Labute approximate surface area is 155 Å². The molecule has 3 rings (SSSR count). The van der Waals surface area contributed by atoms with Gasteiger partial charge in [-0.05, 0) is 37.6 Å². The second kappa shape index (κ2) is 7.82. The van der Waals surface area contributed by atoms with E-state index in [1.165, 1.54) is 17.4 Å². The van der Waals surface area contributed by atoms with Gasteiger partial charge in [0.05, 0.1) is 5.69 Å². The van der Waals surface area contributed by atoms with Gasteiger partial charge in [0.1, 0.15) is 18.3 Å². The monoisotopic (exact) mass is 365 g/mol. The van der Waals surface area contributed by atoms with Gasteiger partial charge in [0.25, 0.3) is 11.5 Å². The molecule has 0 radical (unpaired) electrons. The van der Waals surface area contributed by atoms with Crippen LogP contribution in [0.3, 0.4) is 0 Å². The predicted octanol–water partition coefficient (Wildman–Crippen LogP) is 1.86. The number of hydrogen-bond donors (Lipinski definition) is 1. The van der Waals surface area contributed by atoms with Crippen molar-refractivity contribution in [1.82, 2.24) is 14.7 Å². The molecule has 0 spiro atoms. The van der Waals surface area contributed by atoms with Gasteiger partial charge in [0.2, 0.25) is 0 Å². The van der Waals surface area contributed by atoms with Crippen molar-refractivity contribution in [3.05, 3.63) is 81.9 Å². The maximum atomic E-state index is 12.2. The number of aryl methyl sites for hydroxylation is 1. The van der Waals surface area contributed by atoms with E-state index >= 15 is 0 Å². The molecular formula is C20H19N3O4. The van der Waals surface area contributed by atoms with Crippen LogP contribution in [0.15, 0.2) is 59.5 Å². The van der Waals surface area contributed by atoms with Crippen LogP contribution in [-0.2, 0) is 16.1 Å². The molecule has 3 aromatic rings. The fourth-order valence-electron chi connectivity index (χ4n) is 2.58. The maximum absolute atomic E-state index is 12.2. The lowest BCUT2D eigenvalue weighted by molar-refractivity contribution is -0.146. The summed E-state index contributed by atoms with van der Waals surface area (Å²) in [6, 6.07) is 12.7. The van der Waals surface area contributed by atoms with Crippen LogP contribution in [0, 0.1) is 6.92 Å². The van der Waals surface area contributed by atoms with E-state index in [9.17, 15) is 14.4 Å². The summed E-state index contributed by atoms with van der Waals surface area (Å²) in [5.74, 6) is -0.969. The van der Waals surface area contributed by atoms with Crippen LogP contribution in [0.4, 0.5) is 0 Å². The topological polar surface area (TPSA) is 89.8 Å². The molecule has 1 amide bonds. The van der Waals surface area contributed by atoms with Crippen molar-refractivity contribution in [2.75, 3.05) is 0 Å². The van der Waals surface area contributed by atoms with Crippen LogP contribution in [-0.4, -0.2) is 27.3 Å². The highest BCUT2D eigenvalue weighted by molar-refractivity contribution is 5.96. The van der Waals surface area contributed by atoms with Gasteiger partial charge >= 0.3 is 5.97 Å². The minimum Gasteiger partial charge on any atom is -0.458 e. The Balaban J connectivity index is 1.65. The first-order valence-corrected chi connectivity index (χ1v) is 8.46. The Kier molecular flexibility index (Phi) is 5.30. The average Bonchev–Trinajstić information content (AvgIpc) is 2.67. The molecule has 138 valence electrons. The number of pyridine rings is 1. The first-order valence-electron chi connectivity index (χ1n) is 8.46. The smallest absolute Gasteiger partial charge is 0.328 e. The molecule has 0 saturated carbocycles. The summed E-state index contributed by atoms with van der Waals surface area (Å²) in [7, 11) is 0. The van der Waals surface area contributed by atoms with Crippen molar-refractivity contribution in [2.24, 2.45) is 0 Å². The fourth-order valence-corrected chi connectivity index (χ4v) is 2.58. The van der Waals surface area contributed by atoms with Crippen molar-refractivity contribution in [1.29, 1.82) is 0 Å². The summed E-state index contributed by atoms with van der Waals surface area (Å²) < 4.78 is 6.64. The molecule has 1 aromatic carbocycles. The molecule has 0 fully saturated rings. The van der Waals surface area contributed by atoms with Crippen molar-refractivity contribution >= 4 is 17.5 Å². The third kappa shape index (κ3) is 4.20. The lowest BCUT2D eigenvalue weighted by Gasteiger charge is -2.13. The first-order chi connectivity index (χ1) is 13.0. The summed E-state index contributed by atoms with van der Waals surface area (Å²) in [5, 5.41) is 2.58. The van der Waals surface area contributed by atoms with E-state index in [1.807, 2.05) is 13.0 Å². The van der Waals surface area contributed by atoms with E-state index in [0.717, 1.165) is 5.56 Å². The van der Waals surface area contributed by atoms with Gasteiger partial charge in [-0.1, -0.05) is 24.3 Å². The molecule has 27 heavy (non-hydrogen) atoms. The number of benzene rings is 1. The number of hydrogen-bond acceptors (Lipinski definition) is 5. The molecule has 2 aromatic heterocycles. The van der Waals surface area contributed by atoms with Gasteiger partial charge < -0.3 is 10.1 Å². The number of rotatable bonds is 5. The van der Waals surface area contributed by atoms with Gasteiger partial charge in [-0.2, -0.15) is 0 Å². The molecule has 7 nitrogen and oxygen atoms in total. The number of fused-ring (bicyclic) bond motifs is 1. The predicted molar refractivity (Wildman–Crippen MR) is 99.4 cm³/mol. The highest BCUT2D eigenvalue weighted by atomic mass is 16.5. The summed E-state index contributed by atoms with van der Waals surface area (Å²) in [6.07, 6.45) is 1.63. The minimum atomic E-state index is -0.832. The number of aromatic nitrogens is 2. The first kappa shape index (κ1) is 18.3. The Hall–Kier alpha value is -3.48. The molecule has 1 atom stereocenters. The van der Waals surface area contributed by atoms with Crippen LogP contribution < -0.4 is 10.9 Å². The van der Waals surface area contributed by atoms with Gasteiger partial charge in [0.15, 0.2) is 0 Å². The molecule has 0 aliphatic rings. The number of carbonyl (C=O) groups is 2. The van der Waals surface area contributed by atoms with Gasteiger partial charge in [-0.3, -0.25) is 14.0 Å². The summed E-state index contributed by atoms with van der Waals surface area (Å²) in [6.45, 7) is 3.24. The summed E-state index contributed by atoms with van der Waals surface area (Å²) in [5.41, 5.74) is 1.91. The number of amides is 1. The number of ether oxygens (including phenoxy) is 1. The van der Waals surface area contributed by atoms with Crippen molar-refractivity contribution in [2.45, 2.75) is 26.5 Å². The molecule has 0 saturated heterocycles. The van der Waals surface area contributed by atoms with Gasteiger partial charge in [0, 0.05) is 17.8 Å². The van der Waals surface area contributed by atoms with E-state index in [4.69, 9.17) is 4.74 Å². The SMILES string of the molecule is Cc1cccn2c(=O)cc(COC(=O)[C@H](C)NC(=O)c3ccccc3)nc12. The van der Waals surface area contributed by atoms with E-state index in [1.54, 1.807) is 42.6 Å². The third-order valence-electron chi connectivity index (χ3n) is 4.04. The standard InChI is InChI=1S/C20H19N3O4/c1-13-7-6-10-23-17(24)11-16(22-18(13)23)12-27-20(26)14(2)21-19(25)15-8-4-3-5-9-15/h3-11,14H,12H2,1-2H3,(H,21,25)/t14-/m0/s1. The Morgan fingerprint density at radius 1 is 1.19 bits per heavy atom. The number of esters is 1. The summed E-state index contributed by atoms with van der Waals surface area (Å²) >= 11 is 0. The van der Waals surface area contributed by atoms with Gasteiger partial charge in [-0.25, -0.2) is 9.78 Å². The Bertz CT molecular complexity index is 1040. The normalized spacial score (nSPS) is 11.8. The Morgan fingerprint density at radius 3 is 2.67 bits per heavy atom. The lowest BCUT2D eigenvalue weighted by atomic mass is 10.2. The van der Waals surface area contributed by atoms with Gasteiger partial charge in [-0.15, -0.1) is 0 Å². The van der Waals surface area contributed by atoms with E-state index in [2.05, 4.69) is 10.3 Å². The van der Waals surface area contributed by atoms with E-state index < -0.39 is 12.0 Å². The highest BCUT2D eigenvalue weighted by Crippen LogP contribution is 2.07. The third-order valence-corrected chi connectivity index (χ3v) is 4.04. The highest BCUT2D eigenvalue weighted by Gasteiger charge is 2.18. The molecule has 1 N–H and O–H groups in total. The second-order valence-corrected chi connectivity index (χ2v) is 6.14. The molecule has 0 bridgehead atoms. The molecule has 0 aliphatic heterocycles. The Morgan fingerprint density at radius 2 is 1.93 bits per heavy atom. The zero-order valence-electron chi connectivity index (χ0n) is 15.0. The van der Waals surface area contributed by atoms with Crippen molar-refractivity contribution in [3.8, 4) is 0 Å². The number of carbonyl (C=O) groups excluding carboxylic acids is 2. The molecule has 0 unspecified atom stereocenters. The number of nitrogens with zero attached hydrogens (tertiary/aromatic N) is 2. The zero-order chi connectivity index (χ0) is 19.4. The molecule has 7 heteroatoms. The largest absolute Gasteiger partial charge is 0.458 e. The number of nitrogens with one attached hydrogen (secondary N) is 1. The van der Waals surface area contributed by atoms with Crippen molar-refractivity contribution < 1.29 is 14.3 Å². The minimum absolute atomic E-state index is 0.148. The zero-order valence-corrected chi connectivity index (χ0v) is 15.0. The lowest BCUT2D eigenvalue weighted by Crippen LogP contribution is -2.39.